The van der Waals surface area contributed by atoms with E-state index in [1.54, 1.807) is 5.19 Å². The first kappa shape index (κ1) is 17.7. The van der Waals surface area contributed by atoms with Crippen molar-refractivity contribution < 1.29 is 0 Å². The molecule has 0 spiro atoms. The maximum Gasteiger partial charge on any atom is 0.0806 e. The predicted molar refractivity (Wildman–Crippen MR) is 89.1 cm³/mol. The Balaban J connectivity index is 0.00000289. The summed E-state index contributed by atoms with van der Waals surface area (Å²) in [6.07, 6.45) is 1.14. The predicted octanol–water partition coefficient (Wildman–Crippen LogP) is 5.16. The largest absolute Gasteiger partial charge is 0.127 e. The first-order valence-corrected chi connectivity index (χ1v) is 10.2. The highest BCUT2D eigenvalue weighted by molar-refractivity contribution is 6.89. The summed E-state index contributed by atoms with van der Waals surface area (Å²) in [5.41, 5.74) is 1.67. The molecule has 0 radical (unpaired) electrons. The van der Waals surface area contributed by atoms with Crippen molar-refractivity contribution in [3.63, 3.8) is 0 Å². The van der Waals surface area contributed by atoms with E-state index in [4.69, 9.17) is 11.6 Å². The van der Waals surface area contributed by atoms with E-state index >= 15 is 0 Å². The Morgan fingerprint density at radius 3 is 1.94 bits per heavy atom. The van der Waals surface area contributed by atoms with Crippen LogP contribution >= 0.6 is 11.6 Å². The van der Waals surface area contributed by atoms with E-state index in [9.17, 15) is 0 Å². The lowest BCUT2D eigenvalue weighted by molar-refractivity contribution is 0.590. The molecule has 0 aromatic heterocycles. The van der Waals surface area contributed by atoms with Crippen molar-refractivity contribution in [2.45, 2.75) is 59.2 Å². The molecule has 0 heterocycles. The minimum atomic E-state index is -1.27. The first-order valence-electron chi connectivity index (χ1n) is 6.44. The smallest absolute Gasteiger partial charge is 0.0806 e. The molecule has 1 aromatic rings. The van der Waals surface area contributed by atoms with Crippen LogP contribution in [0.2, 0.25) is 19.1 Å². The maximum atomic E-state index is 5.80. The number of halogens is 1. The van der Waals surface area contributed by atoms with Gasteiger partial charge in [0.25, 0.3) is 0 Å². The summed E-state index contributed by atoms with van der Waals surface area (Å²) in [4.78, 5) is 0. The number of hydrogen-bond acceptors (Lipinski definition) is 0. The van der Waals surface area contributed by atoms with Gasteiger partial charge in [-0.3, -0.25) is 0 Å². The lowest BCUT2D eigenvalue weighted by Gasteiger charge is -2.25. The van der Waals surface area contributed by atoms with Crippen molar-refractivity contribution in [1.82, 2.24) is 0 Å². The lowest BCUT2D eigenvalue weighted by Crippen LogP contribution is -2.41. The van der Waals surface area contributed by atoms with E-state index in [1.807, 2.05) is 0 Å². The van der Waals surface area contributed by atoms with Gasteiger partial charge in [-0.15, -0.1) is 11.6 Å². The molecule has 1 aromatic carbocycles. The number of hydrogen-bond donors (Lipinski definition) is 0. The fourth-order valence-corrected chi connectivity index (χ4v) is 4.85. The van der Waals surface area contributed by atoms with Gasteiger partial charge in [0, 0.05) is 5.88 Å². The Labute approximate surface area is 120 Å². The molecule has 0 saturated heterocycles. The molecule has 0 amide bonds. The summed E-state index contributed by atoms with van der Waals surface area (Å²) in [5, 5.41) is 1.55. The van der Waals surface area contributed by atoms with Crippen LogP contribution in [0.4, 0.5) is 0 Å². The van der Waals surface area contributed by atoms with Gasteiger partial charge >= 0.3 is 0 Å². The molecule has 0 saturated carbocycles. The minimum absolute atomic E-state index is 0. The molecule has 18 heavy (non-hydrogen) atoms. The number of benzene rings is 1. The zero-order valence-corrected chi connectivity index (χ0v) is 13.6. The third-order valence-electron chi connectivity index (χ3n) is 3.47. The van der Waals surface area contributed by atoms with Crippen LogP contribution in [0.25, 0.3) is 0 Å². The highest BCUT2D eigenvalue weighted by Gasteiger charge is 2.23. The highest BCUT2D eigenvalue weighted by Crippen LogP contribution is 2.22. The Kier molecular flexibility index (Phi) is 6.66. The van der Waals surface area contributed by atoms with Crippen molar-refractivity contribution in [2.75, 3.05) is 5.88 Å². The van der Waals surface area contributed by atoms with Crippen molar-refractivity contribution in [3.05, 3.63) is 29.8 Å². The number of alkyl halides is 1. The van der Waals surface area contributed by atoms with E-state index in [1.165, 1.54) is 11.6 Å². The molecule has 0 aliphatic heterocycles. The van der Waals surface area contributed by atoms with Gasteiger partial charge in [0.2, 0.25) is 0 Å². The SMILES string of the molecule is C.CC(C)(C)c1ccc([Si](C)(C)CCCCl)cc1. The van der Waals surface area contributed by atoms with E-state index in [0.29, 0.717) is 0 Å². The average Bonchev–Trinajstić information content (AvgIpc) is 2.25. The summed E-state index contributed by atoms with van der Waals surface area (Å²) < 4.78 is 0. The van der Waals surface area contributed by atoms with Gasteiger partial charge in [0.1, 0.15) is 0 Å². The molecule has 0 nitrogen and oxygen atoms in total. The zero-order chi connectivity index (χ0) is 13.1. The quantitative estimate of drug-likeness (QED) is 0.529. The fraction of sp³-hybridized carbons (Fsp3) is 0.625. The molecule has 0 aliphatic carbocycles. The summed E-state index contributed by atoms with van der Waals surface area (Å²) in [6, 6.07) is 10.5. The Bertz CT molecular complexity index is 346. The highest BCUT2D eigenvalue weighted by atomic mass is 35.5. The van der Waals surface area contributed by atoms with E-state index in [2.05, 4.69) is 58.1 Å². The molecule has 0 N–H and O–H groups in total. The number of rotatable bonds is 4. The third kappa shape index (κ3) is 4.77. The second kappa shape index (κ2) is 6.77. The van der Waals surface area contributed by atoms with Gasteiger partial charge in [-0.2, -0.15) is 0 Å². The average molecular weight is 285 g/mol. The van der Waals surface area contributed by atoms with Gasteiger partial charge in [-0.1, -0.05) is 76.8 Å². The van der Waals surface area contributed by atoms with Crippen molar-refractivity contribution in [3.8, 4) is 0 Å². The molecule has 104 valence electrons. The summed E-state index contributed by atoms with van der Waals surface area (Å²) in [7, 11) is -1.27. The van der Waals surface area contributed by atoms with Crippen LogP contribution < -0.4 is 5.19 Å². The van der Waals surface area contributed by atoms with Crippen molar-refractivity contribution in [1.29, 1.82) is 0 Å². The van der Waals surface area contributed by atoms with E-state index < -0.39 is 8.07 Å². The second-order valence-corrected chi connectivity index (χ2v) is 11.7. The molecule has 1 rings (SSSR count). The molecule has 0 atom stereocenters. The van der Waals surface area contributed by atoms with Crippen LogP contribution in [0.3, 0.4) is 0 Å². The van der Waals surface area contributed by atoms with Crippen LogP contribution in [0.5, 0.6) is 0 Å². The Hall–Kier alpha value is -0.273. The van der Waals surface area contributed by atoms with Gasteiger partial charge in [-0.05, 0) is 17.4 Å². The van der Waals surface area contributed by atoms with Crippen LogP contribution in [-0.4, -0.2) is 14.0 Å². The fourth-order valence-electron chi connectivity index (χ4n) is 2.07. The molecule has 0 aliphatic rings. The van der Waals surface area contributed by atoms with E-state index in [-0.39, 0.29) is 12.8 Å². The third-order valence-corrected chi connectivity index (χ3v) is 7.23. The standard InChI is InChI=1S/C15H25ClSi.CH4/c1-15(2,3)13-7-9-14(10-8-13)17(4,5)12-6-11-16;/h7-10H,6,11-12H2,1-5H3;1H4. The monoisotopic (exact) mass is 284 g/mol. The second-order valence-electron chi connectivity index (χ2n) is 6.50. The summed E-state index contributed by atoms with van der Waals surface area (Å²) >= 11 is 5.80. The van der Waals surface area contributed by atoms with Crippen LogP contribution in [0, 0.1) is 0 Å². The van der Waals surface area contributed by atoms with Gasteiger partial charge in [0.05, 0.1) is 8.07 Å². The molecular weight excluding hydrogens is 256 g/mol. The zero-order valence-electron chi connectivity index (χ0n) is 11.8. The topological polar surface area (TPSA) is 0 Å². The lowest BCUT2D eigenvalue weighted by atomic mass is 9.87. The Morgan fingerprint density at radius 2 is 1.56 bits per heavy atom. The first-order chi connectivity index (χ1) is 7.77. The van der Waals surface area contributed by atoms with Crippen molar-refractivity contribution >= 4 is 24.9 Å². The summed E-state index contributed by atoms with van der Waals surface area (Å²) in [6.45, 7) is 11.7. The molecule has 0 bridgehead atoms. The van der Waals surface area contributed by atoms with Gasteiger partial charge < -0.3 is 0 Å². The van der Waals surface area contributed by atoms with Gasteiger partial charge in [0.15, 0.2) is 0 Å². The minimum Gasteiger partial charge on any atom is -0.127 e. The molecule has 0 unspecified atom stereocenters. The van der Waals surface area contributed by atoms with Crippen LogP contribution in [0.15, 0.2) is 24.3 Å². The maximum absolute atomic E-state index is 5.80. The van der Waals surface area contributed by atoms with Crippen molar-refractivity contribution in [2.24, 2.45) is 0 Å². The molecule has 0 fully saturated rings. The molecular formula is C16H29ClSi. The van der Waals surface area contributed by atoms with Crippen LogP contribution in [-0.2, 0) is 5.41 Å². The Morgan fingerprint density at radius 1 is 1.06 bits per heavy atom. The van der Waals surface area contributed by atoms with Gasteiger partial charge in [-0.25, -0.2) is 0 Å². The molecule has 2 heteroatoms. The summed E-state index contributed by atoms with van der Waals surface area (Å²) in [5.74, 6) is 0.788. The normalized spacial score (nSPS) is 12.1. The van der Waals surface area contributed by atoms with E-state index in [0.717, 1.165) is 12.3 Å². The van der Waals surface area contributed by atoms with Crippen LogP contribution in [0.1, 0.15) is 40.2 Å².